The van der Waals surface area contributed by atoms with Crippen LogP contribution in [0.5, 0.6) is 0 Å². The molecule has 4 nitrogen and oxygen atoms in total. The minimum absolute atomic E-state index is 0.263. The molecule has 96 valence electrons. The molecule has 0 bridgehead atoms. The van der Waals surface area contributed by atoms with E-state index in [4.69, 9.17) is 14.9 Å². The van der Waals surface area contributed by atoms with Crippen LogP contribution in [0.15, 0.2) is 16.5 Å². The van der Waals surface area contributed by atoms with Crippen molar-refractivity contribution in [3.05, 3.63) is 23.7 Å². The summed E-state index contributed by atoms with van der Waals surface area (Å²) >= 11 is 0. The summed E-state index contributed by atoms with van der Waals surface area (Å²) < 4.78 is 11.4. The monoisotopic (exact) mass is 238 g/mol. The average molecular weight is 238 g/mol. The second kappa shape index (κ2) is 5.67. The Morgan fingerprint density at radius 1 is 1.35 bits per heavy atom. The highest BCUT2D eigenvalue weighted by molar-refractivity contribution is 5.05. The third kappa shape index (κ3) is 3.56. The molecular formula is C13H22N2O2. The topological polar surface area (TPSA) is 51.6 Å². The maximum Gasteiger partial charge on any atom is 0.118 e. The smallest absolute Gasteiger partial charge is 0.118 e. The normalized spacial score (nSPS) is 24.7. The van der Waals surface area contributed by atoms with Crippen LogP contribution in [0.1, 0.15) is 24.4 Å². The molecule has 1 aliphatic rings. The van der Waals surface area contributed by atoms with Crippen molar-refractivity contribution in [3.63, 3.8) is 0 Å². The fraction of sp³-hybridized carbons (Fsp3) is 0.692. The van der Waals surface area contributed by atoms with Crippen LogP contribution in [-0.4, -0.2) is 37.2 Å². The van der Waals surface area contributed by atoms with E-state index in [9.17, 15) is 0 Å². The van der Waals surface area contributed by atoms with E-state index in [-0.39, 0.29) is 6.10 Å². The summed E-state index contributed by atoms with van der Waals surface area (Å²) in [6.07, 6.45) is 2.79. The van der Waals surface area contributed by atoms with E-state index in [0.717, 1.165) is 37.5 Å². The standard InChI is InChI=1S/C13H22N2O2/c1-10-3-4-12(16-10)8-15(2)9-13-6-5-11(7-14)17-13/h3-4,11,13H,5-9,14H2,1-2H3. The van der Waals surface area contributed by atoms with Gasteiger partial charge in [0.25, 0.3) is 0 Å². The fourth-order valence-corrected chi connectivity index (χ4v) is 2.34. The third-order valence-corrected chi connectivity index (χ3v) is 3.20. The Balaban J connectivity index is 1.76. The van der Waals surface area contributed by atoms with E-state index >= 15 is 0 Å². The molecule has 0 radical (unpaired) electrons. The minimum atomic E-state index is 0.263. The molecular weight excluding hydrogens is 216 g/mol. The molecule has 1 aromatic rings. The fourth-order valence-electron chi connectivity index (χ4n) is 2.34. The Morgan fingerprint density at radius 3 is 2.71 bits per heavy atom. The van der Waals surface area contributed by atoms with Gasteiger partial charge in [0.05, 0.1) is 18.8 Å². The van der Waals surface area contributed by atoms with E-state index in [1.165, 1.54) is 0 Å². The van der Waals surface area contributed by atoms with Gasteiger partial charge in [-0.05, 0) is 38.9 Å². The number of nitrogens with zero attached hydrogens (tertiary/aromatic N) is 1. The number of aryl methyl sites for hydroxylation is 1. The van der Waals surface area contributed by atoms with Gasteiger partial charge in [-0.15, -0.1) is 0 Å². The van der Waals surface area contributed by atoms with Gasteiger partial charge in [-0.2, -0.15) is 0 Å². The first-order valence-electron chi connectivity index (χ1n) is 6.26. The van der Waals surface area contributed by atoms with E-state index < -0.39 is 0 Å². The summed E-state index contributed by atoms with van der Waals surface area (Å²) in [5.41, 5.74) is 5.60. The molecule has 2 rings (SSSR count). The molecule has 1 fully saturated rings. The minimum Gasteiger partial charge on any atom is -0.465 e. The van der Waals surface area contributed by atoms with Crippen LogP contribution in [0.3, 0.4) is 0 Å². The third-order valence-electron chi connectivity index (χ3n) is 3.20. The number of hydrogen-bond donors (Lipinski definition) is 1. The Kier molecular flexibility index (Phi) is 4.20. The van der Waals surface area contributed by atoms with Crippen molar-refractivity contribution in [3.8, 4) is 0 Å². The molecule has 4 heteroatoms. The Morgan fingerprint density at radius 2 is 2.12 bits per heavy atom. The maximum absolute atomic E-state index is 5.83. The molecule has 2 unspecified atom stereocenters. The summed E-state index contributed by atoms with van der Waals surface area (Å²) in [7, 11) is 2.09. The molecule has 1 aromatic heterocycles. The summed E-state index contributed by atoms with van der Waals surface area (Å²) in [5.74, 6) is 1.98. The van der Waals surface area contributed by atoms with Gasteiger partial charge in [-0.1, -0.05) is 0 Å². The molecule has 0 aromatic carbocycles. The van der Waals surface area contributed by atoms with Crippen LogP contribution in [0, 0.1) is 6.92 Å². The molecule has 0 spiro atoms. The van der Waals surface area contributed by atoms with Gasteiger partial charge in [-0.3, -0.25) is 4.90 Å². The molecule has 0 saturated carbocycles. The number of nitrogens with two attached hydrogens (primary N) is 1. The SMILES string of the molecule is Cc1ccc(CN(C)CC2CCC(CN)O2)o1. The summed E-state index contributed by atoms with van der Waals surface area (Å²) in [4.78, 5) is 2.24. The van der Waals surface area contributed by atoms with Gasteiger partial charge in [-0.25, -0.2) is 0 Å². The predicted molar refractivity (Wildman–Crippen MR) is 66.7 cm³/mol. The van der Waals surface area contributed by atoms with Gasteiger partial charge >= 0.3 is 0 Å². The van der Waals surface area contributed by atoms with Gasteiger partial charge in [0.1, 0.15) is 11.5 Å². The molecule has 2 heterocycles. The number of furan rings is 1. The van der Waals surface area contributed by atoms with Gasteiger partial charge < -0.3 is 14.9 Å². The van der Waals surface area contributed by atoms with Crippen molar-refractivity contribution < 1.29 is 9.15 Å². The first-order chi connectivity index (χ1) is 8.17. The van der Waals surface area contributed by atoms with Crippen LogP contribution in [0.4, 0.5) is 0 Å². The molecule has 2 atom stereocenters. The van der Waals surface area contributed by atoms with Crippen molar-refractivity contribution in [2.24, 2.45) is 5.73 Å². The van der Waals surface area contributed by atoms with Crippen LogP contribution in [-0.2, 0) is 11.3 Å². The van der Waals surface area contributed by atoms with Crippen molar-refractivity contribution in [1.29, 1.82) is 0 Å². The van der Waals surface area contributed by atoms with Crippen molar-refractivity contribution >= 4 is 0 Å². The van der Waals surface area contributed by atoms with Gasteiger partial charge in [0, 0.05) is 13.1 Å². The zero-order valence-corrected chi connectivity index (χ0v) is 10.7. The van der Waals surface area contributed by atoms with E-state index in [2.05, 4.69) is 11.9 Å². The van der Waals surface area contributed by atoms with E-state index in [1.54, 1.807) is 0 Å². The lowest BCUT2D eigenvalue weighted by Gasteiger charge is -2.20. The average Bonchev–Trinajstić information content (AvgIpc) is 2.88. The highest BCUT2D eigenvalue weighted by Gasteiger charge is 2.25. The quantitative estimate of drug-likeness (QED) is 0.845. The Labute approximate surface area is 103 Å². The molecule has 0 amide bonds. The van der Waals surface area contributed by atoms with Crippen LogP contribution in [0.25, 0.3) is 0 Å². The highest BCUT2D eigenvalue weighted by atomic mass is 16.5. The first kappa shape index (κ1) is 12.6. The lowest BCUT2D eigenvalue weighted by Crippen LogP contribution is -2.30. The molecule has 2 N–H and O–H groups in total. The maximum atomic E-state index is 5.83. The summed E-state index contributed by atoms with van der Waals surface area (Å²) in [6, 6.07) is 4.03. The van der Waals surface area contributed by atoms with Crippen LogP contribution < -0.4 is 5.73 Å². The van der Waals surface area contributed by atoms with Crippen LogP contribution >= 0.6 is 0 Å². The second-order valence-electron chi connectivity index (χ2n) is 4.90. The predicted octanol–water partition coefficient (Wildman–Crippen LogP) is 1.53. The molecule has 17 heavy (non-hydrogen) atoms. The van der Waals surface area contributed by atoms with Crippen molar-refractivity contribution in [2.45, 2.75) is 38.5 Å². The Bertz CT molecular complexity index is 351. The van der Waals surface area contributed by atoms with Gasteiger partial charge in [0.2, 0.25) is 0 Å². The van der Waals surface area contributed by atoms with Crippen molar-refractivity contribution in [1.82, 2.24) is 4.90 Å². The van der Waals surface area contributed by atoms with E-state index in [1.807, 2.05) is 19.1 Å². The summed E-state index contributed by atoms with van der Waals surface area (Å²) in [5, 5.41) is 0. The van der Waals surface area contributed by atoms with E-state index in [0.29, 0.717) is 12.6 Å². The summed E-state index contributed by atoms with van der Waals surface area (Å²) in [6.45, 7) is 4.38. The zero-order valence-electron chi connectivity index (χ0n) is 10.7. The zero-order chi connectivity index (χ0) is 12.3. The lowest BCUT2D eigenvalue weighted by molar-refractivity contribution is 0.0296. The van der Waals surface area contributed by atoms with Gasteiger partial charge in [0.15, 0.2) is 0 Å². The molecule has 1 saturated heterocycles. The molecule has 1 aliphatic heterocycles. The largest absolute Gasteiger partial charge is 0.465 e. The highest BCUT2D eigenvalue weighted by Crippen LogP contribution is 2.20. The number of hydrogen-bond acceptors (Lipinski definition) is 4. The number of ether oxygens (including phenoxy) is 1. The Hall–Kier alpha value is -0.840. The first-order valence-corrected chi connectivity index (χ1v) is 6.26. The van der Waals surface area contributed by atoms with Crippen LogP contribution in [0.2, 0.25) is 0 Å². The molecule has 0 aliphatic carbocycles. The number of rotatable bonds is 5. The second-order valence-corrected chi connectivity index (χ2v) is 4.90. The lowest BCUT2D eigenvalue weighted by atomic mass is 10.2. The van der Waals surface area contributed by atoms with Crippen molar-refractivity contribution in [2.75, 3.05) is 20.1 Å². The number of likely N-dealkylation sites (N-methyl/N-ethyl adjacent to an activating group) is 1.